The summed E-state index contributed by atoms with van der Waals surface area (Å²) < 4.78 is 25.3. The van der Waals surface area contributed by atoms with Crippen LogP contribution in [0.5, 0.6) is 0 Å². The highest BCUT2D eigenvalue weighted by atomic mass is 32.2. The van der Waals surface area contributed by atoms with Gasteiger partial charge in [0.25, 0.3) is 5.91 Å². The van der Waals surface area contributed by atoms with E-state index in [2.05, 4.69) is 10.5 Å². The third kappa shape index (κ3) is 4.79. The number of hydrogen-bond acceptors (Lipinski definition) is 4. The molecule has 0 unspecified atom stereocenters. The van der Waals surface area contributed by atoms with Crippen LogP contribution in [0.15, 0.2) is 23.3 Å². The molecule has 0 spiro atoms. The molecule has 6 nitrogen and oxygen atoms in total. The van der Waals surface area contributed by atoms with E-state index in [0.717, 1.165) is 53.1 Å². The average Bonchev–Trinajstić information content (AvgIpc) is 2.97. The van der Waals surface area contributed by atoms with Crippen LogP contribution in [0, 0.1) is 13.8 Å². The third-order valence-electron chi connectivity index (χ3n) is 3.84. The van der Waals surface area contributed by atoms with Crippen LogP contribution in [0.1, 0.15) is 36.8 Å². The van der Waals surface area contributed by atoms with Crippen molar-refractivity contribution in [3.63, 3.8) is 0 Å². The van der Waals surface area contributed by atoms with Crippen LogP contribution in [0.4, 0.5) is 5.69 Å². The second-order valence-corrected chi connectivity index (χ2v) is 7.89. The third-order valence-corrected chi connectivity index (χ3v) is 4.97. The number of sulfonamides is 1. The Bertz CT molecular complexity index is 718. The quantitative estimate of drug-likeness (QED) is 0.836. The van der Waals surface area contributed by atoms with Crippen LogP contribution in [0.25, 0.3) is 0 Å². The molecule has 0 heterocycles. The summed E-state index contributed by atoms with van der Waals surface area (Å²) in [5, 5.41) is 4.09. The molecule has 0 aromatic heterocycles. The van der Waals surface area contributed by atoms with Gasteiger partial charge in [0, 0.05) is 5.71 Å². The zero-order valence-corrected chi connectivity index (χ0v) is 14.6. The van der Waals surface area contributed by atoms with Crippen LogP contribution in [-0.2, 0) is 14.8 Å². The largest absolute Gasteiger partial charge is 0.271 e. The van der Waals surface area contributed by atoms with Gasteiger partial charge in [-0.3, -0.25) is 9.10 Å². The highest BCUT2D eigenvalue weighted by Crippen LogP contribution is 2.23. The molecule has 126 valence electrons. The van der Waals surface area contributed by atoms with Crippen LogP contribution in [-0.4, -0.2) is 32.8 Å². The molecule has 0 radical (unpaired) electrons. The Morgan fingerprint density at radius 1 is 1.26 bits per heavy atom. The molecule has 1 aliphatic rings. The summed E-state index contributed by atoms with van der Waals surface area (Å²) in [7, 11) is -3.57. The Morgan fingerprint density at radius 3 is 2.52 bits per heavy atom. The maximum absolute atomic E-state index is 12.1. The fourth-order valence-corrected chi connectivity index (χ4v) is 3.48. The summed E-state index contributed by atoms with van der Waals surface area (Å²) in [6, 6.07) is 5.53. The van der Waals surface area contributed by atoms with E-state index in [1.54, 1.807) is 6.07 Å². The van der Waals surface area contributed by atoms with Gasteiger partial charge < -0.3 is 0 Å². The van der Waals surface area contributed by atoms with Gasteiger partial charge in [0.2, 0.25) is 10.0 Å². The molecule has 0 bridgehead atoms. The minimum atomic E-state index is -3.57. The van der Waals surface area contributed by atoms with E-state index in [0.29, 0.717) is 5.69 Å². The zero-order valence-electron chi connectivity index (χ0n) is 13.8. The molecule has 1 aromatic carbocycles. The molecule has 1 amide bonds. The average molecular weight is 337 g/mol. The van der Waals surface area contributed by atoms with Gasteiger partial charge in [0.15, 0.2) is 0 Å². The molecule has 7 heteroatoms. The highest BCUT2D eigenvalue weighted by molar-refractivity contribution is 7.92. The molecule has 23 heavy (non-hydrogen) atoms. The van der Waals surface area contributed by atoms with Crippen molar-refractivity contribution < 1.29 is 13.2 Å². The number of anilines is 1. The molecule has 1 saturated carbocycles. The number of carbonyl (C=O) groups excluding carboxylic acids is 1. The predicted octanol–water partition coefficient (Wildman–Crippen LogP) is 2.12. The Hall–Kier alpha value is -1.89. The molecular weight excluding hydrogens is 314 g/mol. The van der Waals surface area contributed by atoms with Crippen molar-refractivity contribution in [3.05, 3.63) is 29.3 Å². The topological polar surface area (TPSA) is 78.8 Å². The van der Waals surface area contributed by atoms with Gasteiger partial charge in [-0.05, 0) is 56.7 Å². The second kappa shape index (κ2) is 7.12. The van der Waals surface area contributed by atoms with Crippen LogP contribution in [0.2, 0.25) is 0 Å². The Labute approximate surface area is 137 Å². The number of rotatable bonds is 5. The number of nitrogens with zero attached hydrogens (tertiary/aromatic N) is 2. The maximum atomic E-state index is 12.1. The molecular formula is C16H23N3O3S. The first-order valence-electron chi connectivity index (χ1n) is 7.66. The number of carbonyl (C=O) groups is 1. The van der Waals surface area contributed by atoms with Gasteiger partial charge in [-0.2, -0.15) is 5.10 Å². The second-order valence-electron chi connectivity index (χ2n) is 5.98. The van der Waals surface area contributed by atoms with E-state index < -0.39 is 15.9 Å². The molecule has 2 rings (SSSR count). The molecule has 1 aromatic rings. The lowest BCUT2D eigenvalue weighted by Gasteiger charge is -2.23. The fourth-order valence-electron chi connectivity index (χ4n) is 2.57. The maximum Gasteiger partial charge on any atom is 0.260 e. The SMILES string of the molecule is Cc1ccc(C)c(N(CC(=O)NN=C2CCCC2)S(C)(=O)=O)c1. The standard InChI is InChI=1S/C16H23N3O3S/c1-12-8-9-13(2)15(10-12)19(23(3,21)22)11-16(20)18-17-14-6-4-5-7-14/h8-10H,4-7,11H2,1-3H3,(H,18,20). The molecule has 1 aliphatic carbocycles. The zero-order chi connectivity index (χ0) is 17.0. The van der Waals surface area contributed by atoms with E-state index in [9.17, 15) is 13.2 Å². The van der Waals surface area contributed by atoms with Gasteiger partial charge in [-0.25, -0.2) is 13.8 Å². The van der Waals surface area contributed by atoms with Crippen molar-refractivity contribution in [1.29, 1.82) is 0 Å². The van der Waals surface area contributed by atoms with Crippen LogP contribution < -0.4 is 9.73 Å². The lowest BCUT2D eigenvalue weighted by Crippen LogP contribution is -2.39. The molecule has 0 saturated heterocycles. The Balaban J connectivity index is 2.18. The number of benzene rings is 1. The van der Waals surface area contributed by atoms with Crippen molar-refractivity contribution in [3.8, 4) is 0 Å². The molecule has 0 aliphatic heterocycles. The first kappa shape index (κ1) is 17.5. The summed E-state index contributed by atoms with van der Waals surface area (Å²) in [6.45, 7) is 3.43. The van der Waals surface area contributed by atoms with Crippen molar-refractivity contribution in [2.75, 3.05) is 17.1 Å². The first-order chi connectivity index (χ1) is 10.8. The summed E-state index contributed by atoms with van der Waals surface area (Å²) in [5.74, 6) is -0.435. The number of aryl methyl sites for hydroxylation is 2. The van der Waals surface area contributed by atoms with E-state index in [4.69, 9.17) is 0 Å². The minimum Gasteiger partial charge on any atom is -0.271 e. The number of amides is 1. The Kier molecular flexibility index (Phi) is 5.41. The van der Waals surface area contributed by atoms with Crippen LogP contribution >= 0.6 is 0 Å². The summed E-state index contributed by atoms with van der Waals surface area (Å²) in [4.78, 5) is 12.1. The van der Waals surface area contributed by atoms with Crippen LogP contribution in [0.3, 0.4) is 0 Å². The highest BCUT2D eigenvalue weighted by Gasteiger charge is 2.22. The van der Waals surface area contributed by atoms with Crippen molar-refractivity contribution >= 4 is 27.3 Å². The van der Waals surface area contributed by atoms with E-state index in [-0.39, 0.29) is 6.54 Å². The predicted molar refractivity (Wildman–Crippen MR) is 92.2 cm³/mol. The fraction of sp³-hybridized carbons (Fsp3) is 0.500. The van der Waals surface area contributed by atoms with Gasteiger partial charge in [-0.15, -0.1) is 0 Å². The normalized spacial score (nSPS) is 14.7. The van der Waals surface area contributed by atoms with Crippen molar-refractivity contribution in [2.45, 2.75) is 39.5 Å². The number of hydrogen-bond donors (Lipinski definition) is 1. The first-order valence-corrected chi connectivity index (χ1v) is 9.51. The van der Waals surface area contributed by atoms with Crippen molar-refractivity contribution in [1.82, 2.24) is 5.43 Å². The van der Waals surface area contributed by atoms with E-state index in [1.807, 2.05) is 26.0 Å². The smallest absolute Gasteiger partial charge is 0.260 e. The summed E-state index contributed by atoms with van der Waals surface area (Å²) in [6.07, 6.45) is 5.07. The van der Waals surface area contributed by atoms with E-state index in [1.165, 1.54) is 0 Å². The molecule has 1 N–H and O–H groups in total. The van der Waals surface area contributed by atoms with Gasteiger partial charge in [0.1, 0.15) is 6.54 Å². The van der Waals surface area contributed by atoms with Gasteiger partial charge in [0.05, 0.1) is 11.9 Å². The van der Waals surface area contributed by atoms with Crippen molar-refractivity contribution in [2.24, 2.45) is 5.10 Å². The summed E-state index contributed by atoms with van der Waals surface area (Å²) in [5.41, 5.74) is 5.70. The lowest BCUT2D eigenvalue weighted by atomic mass is 10.1. The summed E-state index contributed by atoms with van der Waals surface area (Å²) >= 11 is 0. The van der Waals surface area contributed by atoms with Gasteiger partial charge in [-0.1, -0.05) is 12.1 Å². The Morgan fingerprint density at radius 2 is 1.91 bits per heavy atom. The molecule has 0 atom stereocenters. The number of nitrogens with one attached hydrogen (secondary N) is 1. The van der Waals surface area contributed by atoms with E-state index >= 15 is 0 Å². The lowest BCUT2D eigenvalue weighted by molar-refractivity contribution is -0.119. The van der Waals surface area contributed by atoms with Gasteiger partial charge >= 0.3 is 0 Å². The number of hydrazone groups is 1. The minimum absolute atomic E-state index is 0.278. The molecule has 1 fully saturated rings. The monoisotopic (exact) mass is 337 g/mol.